The average Bonchev–Trinajstić information content (AvgIpc) is 3.13. The number of hydrogen-bond donors (Lipinski definition) is 0. The van der Waals surface area contributed by atoms with Crippen LogP contribution in [0.15, 0.2) is 40.9 Å². The Hall–Kier alpha value is -1.22. The molecule has 5 nitrogen and oxygen atoms in total. The van der Waals surface area contributed by atoms with E-state index in [1.54, 1.807) is 4.90 Å². The van der Waals surface area contributed by atoms with Gasteiger partial charge in [-0.25, -0.2) is 4.98 Å². The summed E-state index contributed by atoms with van der Waals surface area (Å²) in [5, 5.41) is 1.38. The van der Waals surface area contributed by atoms with Gasteiger partial charge in [-0.3, -0.25) is 14.6 Å². The Morgan fingerprint density at radius 2 is 2.07 bits per heavy atom. The third kappa shape index (κ3) is 5.33. The van der Waals surface area contributed by atoms with Crippen LogP contribution in [0, 0.1) is 6.92 Å². The number of carbonyl (C=O) groups is 1. The zero-order valence-electron chi connectivity index (χ0n) is 16.4. The molecule has 0 radical (unpaired) electrons. The molecule has 30 heavy (non-hydrogen) atoms. The summed E-state index contributed by atoms with van der Waals surface area (Å²) in [6, 6.07) is 11.3. The van der Waals surface area contributed by atoms with Gasteiger partial charge < -0.3 is 4.74 Å². The number of halogens is 3. The number of fused-ring (bicyclic) bond motifs is 1. The first-order valence-corrected chi connectivity index (χ1v) is 11.4. The van der Waals surface area contributed by atoms with Crippen LogP contribution < -0.4 is 4.90 Å². The third-order valence-electron chi connectivity index (χ3n) is 4.93. The van der Waals surface area contributed by atoms with E-state index >= 15 is 0 Å². The van der Waals surface area contributed by atoms with Gasteiger partial charge in [0.05, 0.1) is 23.4 Å². The smallest absolute Gasteiger partial charge is 0.260 e. The van der Waals surface area contributed by atoms with E-state index in [0.29, 0.717) is 22.3 Å². The molecule has 1 saturated heterocycles. The second kappa shape index (κ2) is 10.4. The molecular formula is C21H22BrCl2N3O2S. The Kier molecular flexibility index (Phi) is 8.12. The summed E-state index contributed by atoms with van der Waals surface area (Å²) in [5.41, 5.74) is 2.54. The molecule has 1 aliphatic heterocycles. The molecule has 0 unspecified atom stereocenters. The number of carbonyl (C=O) groups excluding carboxylic acids is 1. The molecule has 0 aliphatic carbocycles. The first-order valence-electron chi connectivity index (χ1n) is 9.45. The van der Waals surface area contributed by atoms with Crippen LogP contribution in [0.1, 0.15) is 15.9 Å². The minimum absolute atomic E-state index is 0. The van der Waals surface area contributed by atoms with Crippen molar-refractivity contribution in [3.63, 3.8) is 0 Å². The van der Waals surface area contributed by atoms with Gasteiger partial charge in [0.15, 0.2) is 5.13 Å². The lowest BCUT2D eigenvalue weighted by Crippen LogP contribution is -2.43. The highest BCUT2D eigenvalue weighted by Gasteiger charge is 2.23. The van der Waals surface area contributed by atoms with Crippen molar-refractivity contribution in [1.82, 2.24) is 9.88 Å². The number of anilines is 1. The van der Waals surface area contributed by atoms with Crippen LogP contribution in [0.25, 0.3) is 10.2 Å². The number of benzene rings is 2. The molecule has 9 heteroatoms. The Bertz CT molecular complexity index is 1040. The molecule has 1 aromatic heterocycles. The summed E-state index contributed by atoms with van der Waals surface area (Å²) in [5.74, 6) is -0.0534. The molecule has 0 spiro atoms. The van der Waals surface area contributed by atoms with Crippen molar-refractivity contribution in [2.24, 2.45) is 0 Å². The Balaban J connectivity index is 0.00000256. The van der Waals surface area contributed by atoms with E-state index in [4.69, 9.17) is 21.3 Å². The summed E-state index contributed by atoms with van der Waals surface area (Å²) >= 11 is 11.2. The number of hydrogen-bond acceptors (Lipinski definition) is 5. The van der Waals surface area contributed by atoms with Crippen molar-refractivity contribution in [2.45, 2.75) is 6.92 Å². The lowest BCUT2D eigenvalue weighted by Gasteiger charge is -2.29. The summed E-state index contributed by atoms with van der Waals surface area (Å²) in [4.78, 5) is 22.3. The number of aryl methyl sites for hydroxylation is 1. The SMILES string of the molecule is Cc1cc(Cl)cc2sc(N(CCN3CCOCC3)C(=O)c3cccc(Br)c3)nc12.Cl. The van der Waals surface area contributed by atoms with Crippen LogP contribution in [0.5, 0.6) is 0 Å². The van der Waals surface area contributed by atoms with Gasteiger partial charge in [-0.2, -0.15) is 0 Å². The van der Waals surface area contributed by atoms with Crippen molar-refractivity contribution < 1.29 is 9.53 Å². The molecule has 3 aromatic rings. The highest BCUT2D eigenvalue weighted by Crippen LogP contribution is 2.33. The fourth-order valence-electron chi connectivity index (χ4n) is 3.39. The number of morpholine rings is 1. The maximum Gasteiger partial charge on any atom is 0.260 e. The van der Waals surface area contributed by atoms with E-state index in [2.05, 4.69) is 20.8 Å². The predicted molar refractivity (Wildman–Crippen MR) is 130 cm³/mol. The summed E-state index contributed by atoms with van der Waals surface area (Å²) in [7, 11) is 0. The fourth-order valence-corrected chi connectivity index (χ4v) is 5.23. The number of thiazole rings is 1. The molecule has 0 atom stereocenters. The first-order chi connectivity index (χ1) is 14.0. The van der Waals surface area contributed by atoms with E-state index in [-0.39, 0.29) is 18.3 Å². The van der Waals surface area contributed by atoms with Crippen molar-refractivity contribution in [1.29, 1.82) is 0 Å². The Morgan fingerprint density at radius 3 is 2.80 bits per heavy atom. The average molecular weight is 531 g/mol. The minimum Gasteiger partial charge on any atom is -0.379 e. The van der Waals surface area contributed by atoms with Gasteiger partial charge in [-0.15, -0.1) is 12.4 Å². The van der Waals surface area contributed by atoms with Gasteiger partial charge in [0.25, 0.3) is 5.91 Å². The molecule has 1 fully saturated rings. The molecule has 160 valence electrons. The molecule has 0 bridgehead atoms. The summed E-state index contributed by atoms with van der Waals surface area (Å²) in [6.07, 6.45) is 0. The lowest BCUT2D eigenvalue weighted by molar-refractivity contribution is 0.0391. The number of nitrogens with zero attached hydrogens (tertiary/aromatic N) is 3. The minimum atomic E-state index is -0.0534. The molecule has 2 heterocycles. The lowest BCUT2D eigenvalue weighted by atomic mass is 10.2. The van der Waals surface area contributed by atoms with Crippen LogP contribution in [0.3, 0.4) is 0 Å². The maximum atomic E-state index is 13.4. The van der Waals surface area contributed by atoms with Gasteiger partial charge in [-0.1, -0.05) is 44.9 Å². The molecule has 0 N–H and O–H groups in total. The standard InChI is InChI=1S/C21H21BrClN3O2S.ClH/c1-14-11-17(23)13-18-19(14)24-21(29-18)26(6-5-25-7-9-28-10-8-25)20(27)15-3-2-4-16(22)12-15;/h2-4,11-13H,5-10H2,1H3;1H. The fraction of sp³-hybridized carbons (Fsp3) is 0.333. The van der Waals surface area contributed by atoms with E-state index in [1.807, 2.05) is 43.3 Å². The highest BCUT2D eigenvalue weighted by molar-refractivity contribution is 9.10. The molecular weight excluding hydrogens is 509 g/mol. The number of rotatable bonds is 5. The van der Waals surface area contributed by atoms with Crippen LogP contribution >= 0.6 is 51.3 Å². The normalized spacial score (nSPS) is 14.5. The van der Waals surface area contributed by atoms with E-state index in [9.17, 15) is 4.79 Å². The monoisotopic (exact) mass is 529 g/mol. The quantitative estimate of drug-likeness (QED) is 0.441. The maximum absolute atomic E-state index is 13.4. The van der Waals surface area contributed by atoms with Gasteiger partial charge in [0.2, 0.25) is 0 Å². The summed E-state index contributed by atoms with van der Waals surface area (Å²) < 4.78 is 7.30. The van der Waals surface area contributed by atoms with E-state index < -0.39 is 0 Å². The van der Waals surface area contributed by atoms with Gasteiger partial charge in [0, 0.05) is 41.2 Å². The second-order valence-corrected chi connectivity index (χ2v) is 9.35. The predicted octanol–water partition coefficient (Wildman–Crippen LogP) is 5.42. The van der Waals surface area contributed by atoms with Crippen LogP contribution in [-0.2, 0) is 4.74 Å². The first kappa shape index (κ1) is 23.4. The molecule has 1 amide bonds. The molecule has 4 rings (SSSR count). The topological polar surface area (TPSA) is 45.7 Å². The molecule has 2 aromatic carbocycles. The second-order valence-electron chi connectivity index (χ2n) is 6.99. The summed E-state index contributed by atoms with van der Waals surface area (Å²) in [6.45, 7) is 6.57. The van der Waals surface area contributed by atoms with Crippen molar-refractivity contribution in [3.8, 4) is 0 Å². The van der Waals surface area contributed by atoms with E-state index in [0.717, 1.165) is 53.1 Å². The largest absolute Gasteiger partial charge is 0.379 e. The van der Waals surface area contributed by atoms with Gasteiger partial charge >= 0.3 is 0 Å². The van der Waals surface area contributed by atoms with Crippen molar-refractivity contribution in [2.75, 3.05) is 44.3 Å². The van der Waals surface area contributed by atoms with Gasteiger partial charge in [-0.05, 0) is 42.8 Å². The van der Waals surface area contributed by atoms with E-state index in [1.165, 1.54) is 11.3 Å². The van der Waals surface area contributed by atoms with Crippen molar-refractivity contribution in [3.05, 3.63) is 57.0 Å². The van der Waals surface area contributed by atoms with Crippen LogP contribution in [-0.4, -0.2) is 55.2 Å². The number of aromatic nitrogens is 1. The molecule has 1 aliphatic rings. The number of amides is 1. The molecule has 0 saturated carbocycles. The van der Waals surface area contributed by atoms with Gasteiger partial charge in [0.1, 0.15) is 0 Å². The van der Waals surface area contributed by atoms with Crippen molar-refractivity contribution >= 4 is 72.5 Å². The zero-order valence-corrected chi connectivity index (χ0v) is 20.4. The van der Waals surface area contributed by atoms with Crippen LogP contribution in [0.4, 0.5) is 5.13 Å². The third-order valence-corrected chi connectivity index (χ3v) is 6.67. The highest BCUT2D eigenvalue weighted by atomic mass is 79.9. The zero-order chi connectivity index (χ0) is 20.4. The van der Waals surface area contributed by atoms with Crippen LogP contribution in [0.2, 0.25) is 5.02 Å². The Morgan fingerprint density at radius 1 is 1.30 bits per heavy atom. The number of ether oxygens (including phenoxy) is 1. The Labute approximate surface area is 199 Å².